The molecule has 1 aliphatic rings. The van der Waals surface area contributed by atoms with Crippen LogP contribution in [0.5, 0.6) is 0 Å². The second kappa shape index (κ2) is 8.25. The molecule has 0 aromatic heterocycles. The lowest BCUT2D eigenvalue weighted by atomic mass is 10.00. The van der Waals surface area contributed by atoms with Gasteiger partial charge in [0, 0.05) is 25.1 Å². The summed E-state index contributed by atoms with van der Waals surface area (Å²) in [5.41, 5.74) is 0. The van der Waals surface area contributed by atoms with Crippen LogP contribution in [0, 0.1) is 0 Å². The fourth-order valence-corrected chi connectivity index (χ4v) is 2.02. The molecule has 1 fully saturated rings. The Morgan fingerprint density at radius 3 is 3.18 bits per heavy atom. The van der Waals surface area contributed by atoms with Crippen molar-refractivity contribution in [3.8, 4) is 0 Å². The van der Waals surface area contributed by atoms with E-state index in [1.165, 1.54) is 0 Å². The summed E-state index contributed by atoms with van der Waals surface area (Å²) in [5.74, 6) is 0.132. The lowest BCUT2D eigenvalue weighted by Crippen LogP contribution is -2.51. The Balaban J connectivity index is 2.09. The van der Waals surface area contributed by atoms with Crippen LogP contribution in [-0.2, 0) is 9.53 Å². The summed E-state index contributed by atoms with van der Waals surface area (Å²) in [5, 5.41) is 6.45. The summed E-state index contributed by atoms with van der Waals surface area (Å²) in [4.78, 5) is 11.7. The molecule has 0 bridgehead atoms. The van der Waals surface area contributed by atoms with E-state index in [2.05, 4.69) is 24.1 Å². The molecule has 4 heteroatoms. The first kappa shape index (κ1) is 14.2. The summed E-state index contributed by atoms with van der Waals surface area (Å²) >= 11 is 0. The average molecular weight is 240 g/mol. The zero-order chi connectivity index (χ0) is 12.5. The topological polar surface area (TPSA) is 50.4 Å². The van der Waals surface area contributed by atoms with E-state index in [0.717, 1.165) is 25.8 Å². The number of hydrogen-bond donors (Lipinski definition) is 2. The number of carbonyl (C=O) groups excluding carboxylic acids is 1. The molecule has 2 N–H and O–H groups in total. The van der Waals surface area contributed by atoms with Crippen molar-refractivity contribution in [2.24, 2.45) is 0 Å². The second-order valence-electron chi connectivity index (χ2n) is 4.53. The normalized spacial score (nSPS) is 24.3. The van der Waals surface area contributed by atoms with E-state index in [0.29, 0.717) is 25.7 Å². The zero-order valence-electron chi connectivity index (χ0n) is 10.7. The highest BCUT2D eigenvalue weighted by Crippen LogP contribution is 2.08. The van der Waals surface area contributed by atoms with Gasteiger partial charge in [-0.25, -0.2) is 0 Å². The van der Waals surface area contributed by atoms with E-state index in [9.17, 15) is 4.79 Å². The first-order valence-electron chi connectivity index (χ1n) is 6.45. The van der Waals surface area contributed by atoms with Gasteiger partial charge in [-0.3, -0.25) is 4.79 Å². The highest BCUT2D eigenvalue weighted by atomic mass is 16.5. The third-order valence-electron chi connectivity index (χ3n) is 3.04. The van der Waals surface area contributed by atoms with Gasteiger partial charge in [0.25, 0.3) is 0 Å². The van der Waals surface area contributed by atoms with Crippen LogP contribution in [0.15, 0.2) is 12.7 Å². The van der Waals surface area contributed by atoms with Crippen LogP contribution in [0.25, 0.3) is 0 Å². The molecule has 1 rings (SSSR count). The molecule has 1 amide bonds. The number of hydrogen-bond acceptors (Lipinski definition) is 3. The van der Waals surface area contributed by atoms with Crippen LogP contribution in [0.4, 0.5) is 0 Å². The van der Waals surface area contributed by atoms with Gasteiger partial charge in [0.1, 0.15) is 0 Å². The molecule has 0 aliphatic carbocycles. The van der Waals surface area contributed by atoms with E-state index in [1.807, 2.05) is 0 Å². The molecule has 0 aromatic rings. The van der Waals surface area contributed by atoms with Crippen LogP contribution in [-0.4, -0.2) is 37.7 Å². The predicted octanol–water partition coefficient (Wildman–Crippen LogP) is 1.23. The van der Waals surface area contributed by atoms with Crippen LogP contribution < -0.4 is 10.6 Å². The Morgan fingerprint density at radius 2 is 2.47 bits per heavy atom. The van der Waals surface area contributed by atoms with Crippen molar-refractivity contribution in [1.82, 2.24) is 10.6 Å². The lowest BCUT2D eigenvalue weighted by Gasteiger charge is -2.30. The zero-order valence-corrected chi connectivity index (χ0v) is 10.7. The number of amides is 1. The smallest absolute Gasteiger partial charge is 0.220 e. The van der Waals surface area contributed by atoms with Crippen LogP contribution in [0.2, 0.25) is 0 Å². The molecule has 0 spiro atoms. The quantitative estimate of drug-likeness (QED) is 0.520. The van der Waals surface area contributed by atoms with Gasteiger partial charge in [-0.05, 0) is 32.7 Å². The summed E-state index contributed by atoms with van der Waals surface area (Å²) in [7, 11) is 0. The predicted molar refractivity (Wildman–Crippen MR) is 68.9 cm³/mol. The van der Waals surface area contributed by atoms with E-state index < -0.39 is 0 Å². The number of piperidine rings is 1. The molecule has 1 aliphatic heterocycles. The fraction of sp³-hybridized carbons (Fsp3) is 0.769. The van der Waals surface area contributed by atoms with E-state index in [1.54, 1.807) is 6.08 Å². The van der Waals surface area contributed by atoms with Crippen molar-refractivity contribution in [3.05, 3.63) is 12.7 Å². The SMILES string of the molecule is C=CCOCCCC(=O)NC1CCCNC1C. The van der Waals surface area contributed by atoms with Gasteiger partial charge in [-0.15, -0.1) is 6.58 Å². The molecule has 98 valence electrons. The number of ether oxygens (including phenoxy) is 1. The average Bonchev–Trinajstić information content (AvgIpc) is 2.32. The van der Waals surface area contributed by atoms with E-state index in [4.69, 9.17) is 4.74 Å². The molecule has 2 atom stereocenters. The third kappa shape index (κ3) is 5.84. The molecule has 1 heterocycles. The molecular formula is C13H24N2O2. The Labute approximate surface area is 104 Å². The number of carbonyl (C=O) groups is 1. The Hall–Kier alpha value is -0.870. The molecular weight excluding hydrogens is 216 g/mol. The van der Waals surface area contributed by atoms with Gasteiger partial charge >= 0.3 is 0 Å². The Bertz CT molecular complexity index is 244. The molecule has 0 aromatic carbocycles. The van der Waals surface area contributed by atoms with Gasteiger partial charge in [-0.1, -0.05) is 6.08 Å². The van der Waals surface area contributed by atoms with Gasteiger partial charge in [0.2, 0.25) is 5.91 Å². The first-order chi connectivity index (χ1) is 8.24. The maximum atomic E-state index is 11.7. The van der Waals surface area contributed by atoms with Crippen LogP contribution >= 0.6 is 0 Å². The first-order valence-corrected chi connectivity index (χ1v) is 6.45. The van der Waals surface area contributed by atoms with Crippen molar-refractivity contribution in [1.29, 1.82) is 0 Å². The van der Waals surface area contributed by atoms with Crippen molar-refractivity contribution in [3.63, 3.8) is 0 Å². The highest BCUT2D eigenvalue weighted by Gasteiger charge is 2.21. The van der Waals surface area contributed by atoms with Gasteiger partial charge in [0.05, 0.1) is 6.61 Å². The van der Waals surface area contributed by atoms with Crippen LogP contribution in [0.3, 0.4) is 0 Å². The minimum Gasteiger partial charge on any atom is -0.377 e. The highest BCUT2D eigenvalue weighted by molar-refractivity contribution is 5.76. The van der Waals surface area contributed by atoms with Crippen molar-refractivity contribution < 1.29 is 9.53 Å². The summed E-state index contributed by atoms with van der Waals surface area (Å²) < 4.78 is 5.23. The molecule has 2 unspecified atom stereocenters. The standard InChI is InChI=1S/C13H24N2O2/c1-3-9-17-10-5-7-13(16)15-12-6-4-8-14-11(12)2/h3,11-12,14H,1,4-10H2,2H3,(H,15,16). The van der Waals surface area contributed by atoms with Crippen molar-refractivity contribution >= 4 is 5.91 Å². The van der Waals surface area contributed by atoms with Crippen molar-refractivity contribution in [2.75, 3.05) is 19.8 Å². The molecule has 0 radical (unpaired) electrons. The lowest BCUT2D eigenvalue weighted by molar-refractivity contribution is -0.122. The summed E-state index contributed by atoms with van der Waals surface area (Å²) in [6.45, 7) is 7.93. The Morgan fingerprint density at radius 1 is 1.65 bits per heavy atom. The van der Waals surface area contributed by atoms with Crippen molar-refractivity contribution in [2.45, 2.75) is 44.7 Å². The van der Waals surface area contributed by atoms with E-state index in [-0.39, 0.29) is 11.9 Å². The van der Waals surface area contributed by atoms with Gasteiger partial charge in [-0.2, -0.15) is 0 Å². The number of rotatable bonds is 7. The molecule has 1 saturated heterocycles. The maximum absolute atomic E-state index is 11.7. The Kier molecular flexibility index (Phi) is 6.89. The molecule has 0 saturated carbocycles. The van der Waals surface area contributed by atoms with Gasteiger partial charge in [0.15, 0.2) is 0 Å². The van der Waals surface area contributed by atoms with E-state index >= 15 is 0 Å². The maximum Gasteiger partial charge on any atom is 0.220 e. The second-order valence-corrected chi connectivity index (χ2v) is 4.53. The minimum absolute atomic E-state index is 0.132. The monoisotopic (exact) mass is 240 g/mol. The summed E-state index contributed by atoms with van der Waals surface area (Å²) in [6.07, 6.45) is 5.24. The fourth-order valence-electron chi connectivity index (χ4n) is 2.02. The van der Waals surface area contributed by atoms with Crippen LogP contribution in [0.1, 0.15) is 32.6 Å². The molecule has 4 nitrogen and oxygen atoms in total. The van der Waals surface area contributed by atoms with Gasteiger partial charge < -0.3 is 15.4 Å². The largest absolute Gasteiger partial charge is 0.377 e. The number of nitrogens with one attached hydrogen (secondary N) is 2. The molecule has 17 heavy (non-hydrogen) atoms. The third-order valence-corrected chi connectivity index (χ3v) is 3.04. The minimum atomic E-state index is 0.132. The summed E-state index contributed by atoms with van der Waals surface area (Å²) in [6, 6.07) is 0.662.